The van der Waals surface area contributed by atoms with Crippen LogP contribution in [0.5, 0.6) is 5.75 Å². The number of aromatic nitrogens is 3. The highest BCUT2D eigenvalue weighted by Gasteiger charge is 2.28. The van der Waals surface area contributed by atoms with Gasteiger partial charge < -0.3 is 19.1 Å². The Kier molecular flexibility index (Phi) is 7.45. The molecular formula is C32H31ClFN3O4. The number of carbonyl (C=O) groups is 1. The fraction of sp³-hybridized carbons (Fsp3) is 0.312. The van der Waals surface area contributed by atoms with Crippen LogP contribution in [-0.2, 0) is 31.4 Å². The normalized spacial score (nSPS) is 13.8. The summed E-state index contributed by atoms with van der Waals surface area (Å²) < 4.78 is 29.5. The predicted octanol–water partition coefficient (Wildman–Crippen LogP) is 7.32. The van der Waals surface area contributed by atoms with Gasteiger partial charge in [-0.25, -0.2) is 9.18 Å². The maximum Gasteiger partial charge on any atom is 0.352 e. The highest BCUT2D eigenvalue weighted by Crippen LogP contribution is 2.42. The Morgan fingerprint density at radius 3 is 2.80 bits per heavy atom. The molecule has 0 unspecified atom stereocenters. The Labute approximate surface area is 242 Å². The number of carboxylic acids is 1. The third-order valence-corrected chi connectivity index (χ3v) is 8.24. The Balaban J connectivity index is 1.41. The van der Waals surface area contributed by atoms with E-state index < -0.39 is 5.97 Å². The summed E-state index contributed by atoms with van der Waals surface area (Å²) in [5, 5.41) is 18.2. The van der Waals surface area contributed by atoms with E-state index in [0.29, 0.717) is 50.0 Å². The van der Waals surface area contributed by atoms with Crippen molar-refractivity contribution in [2.45, 2.75) is 45.8 Å². The van der Waals surface area contributed by atoms with Gasteiger partial charge in [-0.2, -0.15) is 5.10 Å². The van der Waals surface area contributed by atoms with Gasteiger partial charge in [-0.1, -0.05) is 29.8 Å². The van der Waals surface area contributed by atoms with Gasteiger partial charge >= 0.3 is 5.97 Å². The maximum absolute atomic E-state index is 13.7. The predicted molar refractivity (Wildman–Crippen MR) is 157 cm³/mol. The van der Waals surface area contributed by atoms with Crippen molar-refractivity contribution < 1.29 is 23.8 Å². The highest BCUT2D eigenvalue weighted by molar-refractivity contribution is 6.35. The second kappa shape index (κ2) is 11.2. The van der Waals surface area contributed by atoms with Crippen molar-refractivity contribution in [2.24, 2.45) is 7.05 Å². The number of carboxylic acid groups (broad SMARTS) is 1. The molecule has 0 fully saturated rings. The van der Waals surface area contributed by atoms with E-state index >= 15 is 0 Å². The second-order valence-corrected chi connectivity index (χ2v) is 10.9. The van der Waals surface area contributed by atoms with Crippen LogP contribution in [0.25, 0.3) is 32.8 Å². The SMILES string of the molecule is Cc1c2c(nn1C)COCCCCn1c(C(=O)O)c(CCCOc3cccc4cc(F)ccc34)c3ccc(Cl)c-2c31. The van der Waals surface area contributed by atoms with Crippen LogP contribution in [0.4, 0.5) is 4.39 Å². The summed E-state index contributed by atoms with van der Waals surface area (Å²) in [6.07, 6.45) is 2.67. The third-order valence-electron chi connectivity index (χ3n) is 7.93. The van der Waals surface area contributed by atoms with Crippen LogP contribution in [0.2, 0.25) is 5.02 Å². The molecule has 0 spiro atoms. The van der Waals surface area contributed by atoms with Crippen LogP contribution < -0.4 is 4.74 Å². The van der Waals surface area contributed by atoms with Crippen molar-refractivity contribution in [1.29, 1.82) is 0 Å². The van der Waals surface area contributed by atoms with Gasteiger partial charge in [0.15, 0.2) is 0 Å². The van der Waals surface area contributed by atoms with E-state index in [1.54, 1.807) is 6.07 Å². The van der Waals surface area contributed by atoms with Crippen molar-refractivity contribution in [2.75, 3.05) is 13.2 Å². The Morgan fingerprint density at radius 2 is 1.98 bits per heavy atom. The molecule has 0 bridgehead atoms. The van der Waals surface area contributed by atoms with E-state index in [4.69, 9.17) is 26.2 Å². The number of benzene rings is 3. The number of hydrogen-bond acceptors (Lipinski definition) is 4. The molecule has 3 heterocycles. The number of halogens is 2. The first kappa shape index (κ1) is 27.3. The zero-order valence-electron chi connectivity index (χ0n) is 23.0. The summed E-state index contributed by atoms with van der Waals surface area (Å²) in [6.45, 7) is 3.84. The van der Waals surface area contributed by atoms with Crippen LogP contribution in [0.15, 0.2) is 48.5 Å². The van der Waals surface area contributed by atoms with Crippen LogP contribution >= 0.6 is 11.6 Å². The average Bonchev–Trinajstić information content (AvgIpc) is 3.40. The van der Waals surface area contributed by atoms with Crippen molar-refractivity contribution in [1.82, 2.24) is 14.3 Å². The summed E-state index contributed by atoms with van der Waals surface area (Å²) in [5.41, 5.74) is 5.29. The first-order chi connectivity index (χ1) is 19.8. The van der Waals surface area contributed by atoms with E-state index in [0.717, 1.165) is 62.6 Å². The molecule has 0 saturated carbocycles. The molecule has 0 amide bonds. The molecule has 1 aliphatic rings. The molecular weight excluding hydrogens is 545 g/mol. The molecule has 9 heteroatoms. The fourth-order valence-electron chi connectivity index (χ4n) is 5.98. The topological polar surface area (TPSA) is 78.5 Å². The molecule has 0 atom stereocenters. The molecule has 41 heavy (non-hydrogen) atoms. The first-order valence-electron chi connectivity index (χ1n) is 13.8. The minimum absolute atomic E-state index is 0.285. The summed E-state index contributed by atoms with van der Waals surface area (Å²) in [5.74, 6) is -0.586. The summed E-state index contributed by atoms with van der Waals surface area (Å²) in [6, 6.07) is 14.0. The van der Waals surface area contributed by atoms with Crippen molar-refractivity contribution >= 4 is 39.2 Å². The number of rotatable bonds is 6. The van der Waals surface area contributed by atoms with E-state index in [9.17, 15) is 14.3 Å². The zero-order valence-corrected chi connectivity index (χ0v) is 23.8. The van der Waals surface area contributed by atoms with E-state index in [1.165, 1.54) is 12.1 Å². The molecule has 0 radical (unpaired) electrons. The second-order valence-electron chi connectivity index (χ2n) is 10.5. The van der Waals surface area contributed by atoms with E-state index in [-0.39, 0.29) is 11.5 Å². The van der Waals surface area contributed by atoms with Crippen LogP contribution in [0.1, 0.15) is 46.7 Å². The number of aromatic carboxylic acids is 1. The molecule has 7 nitrogen and oxygen atoms in total. The quantitative estimate of drug-likeness (QED) is 0.215. The number of aryl methyl sites for hydroxylation is 3. The van der Waals surface area contributed by atoms with Gasteiger partial charge in [0.25, 0.3) is 0 Å². The zero-order chi connectivity index (χ0) is 28.7. The summed E-state index contributed by atoms with van der Waals surface area (Å²) >= 11 is 6.89. The maximum atomic E-state index is 13.7. The van der Waals surface area contributed by atoms with Gasteiger partial charge in [-0.15, -0.1) is 0 Å². The largest absolute Gasteiger partial charge is 0.493 e. The summed E-state index contributed by atoms with van der Waals surface area (Å²) in [7, 11) is 1.89. The Morgan fingerprint density at radius 1 is 1.15 bits per heavy atom. The number of fused-ring (bicyclic) bond motifs is 3. The molecule has 1 aliphatic heterocycles. The van der Waals surface area contributed by atoms with E-state index in [2.05, 4.69) is 0 Å². The highest BCUT2D eigenvalue weighted by atomic mass is 35.5. The Hall–Kier alpha value is -3.88. The Bertz CT molecular complexity index is 1790. The lowest BCUT2D eigenvalue weighted by atomic mass is 9.98. The monoisotopic (exact) mass is 575 g/mol. The minimum Gasteiger partial charge on any atom is -0.493 e. The van der Waals surface area contributed by atoms with Crippen LogP contribution in [-0.4, -0.2) is 38.6 Å². The fourth-order valence-corrected chi connectivity index (χ4v) is 6.23. The average molecular weight is 576 g/mol. The molecule has 1 N–H and O–H groups in total. The molecule has 2 aromatic heterocycles. The van der Waals surface area contributed by atoms with Crippen molar-refractivity contribution in [3.05, 3.63) is 82.0 Å². The first-order valence-corrected chi connectivity index (χ1v) is 14.2. The van der Waals surface area contributed by atoms with Crippen molar-refractivity contribution in [3.63, 3.8) is 0 Å². The number of ether oxygens (including phenoxy) is 2. The molecule has 3 aromatic carbocycles. The molecule has 6 rings (SSSR count). The van der Waals surface area contributed by atoms with Gasteiger partial charge in [-0.05, 0) is 73.9 Å². The van der Waals surface area contributed by atoms with Gasteiger partial charge in [0, 0.05) is 47.8 Å². The summed E-state index contributed by atoms with van der Waals surface area (Å²) in [4.78, 5) is 12.8. The van der Waals surface area contributed by atoms with Gasteiger partial charge in [-0.3, -0.25) is 4.68 Å². The number of nitrogens with zero attached hydrogens (tertiary/aromatic N) is 3. The third kappa shape index (κ3) is 4.96. The van der Waals surface area contributed by atoms with Gasteiger partial charge in [0.2, 0.25) is 0 Å². The molecule has 0 saturated heterocycles. The van der Waals surface area contributed by atoms with Crippen LogP contribution in [0.3, 0.4) is 0 Å². The molecule has 0 aliphatic carbocycles. The lowest BCUT2D eigenvalue weighted by Gasteiger charge is -2.13. The smallest absolute Gasteiger partial charge is 0.352 e. The molecule has 212 valence electrons. The van der Waals surface area contributed by atoms with E-state index in [1.807, 2.05) is 53.6 Å². The van der Waals surface area contributed by atoms with Gasteiger partial charge in [0.05, 0.1) is 29.4 Å². The molecule has 5 aromatic rings. The van der Waals surface area contributed by atoms with Gasteiger partial charge in [0.1, 0.15) is 17.3 Å². The van der Waals surface area contributed by atoms with Crippen molar-refractivity contribution in [3.8, 4) is 16.9 Å². The number of hydrogen-bond donors (Lipinski definition) is 1. The lowest BCUT2D eigenvalue weighted by Crippen LogP contribution is -2.12. The van der Waals surface area contributed by atoms with Crippen LogP contribution in [0, 0.1) is 12.7 Å². The lowest BCUT2D eigenvalue weighted by molar-refractivity contribution is 0.0683. The minimum atomic E-state index is -0.968. The standard InChI is InChI=1S/C32H31ClFN3O4/c1-19-28-26(35-36(19)2)18-40-15-4-3-14-37-30-24(12-13-25(33)29(28)30)23(31(37)32(38)39)8-6-16-41-27-9-5-7-20-17-21(34)10-11-22(20)27/h5,7,9-13,17H,3-4,6,8,14-16,18H2,1-2H3,(H,38,39).